The molecule has 0 aliphatic heterocycles. The maximum Gasteiger partial charge on any atom is 1.00 e. The Hall–Kier alpha value is 1.17. The topological polar surface area (TPSA) is 51.8 Å². The molecule has 7 heavy (non-hydrogen) atoms. The van der Waals surface area contributed by atoms with Crippen molar-refractivity contribution in [3.8, 4) is 0 Å². The van der Waals surface area contributed by atoms with Gasteiger partial charge in [-0.2, -0.15) is 0 Å². The fraction of sp³-hybridized carbons (Fsp3) is 0. The molecule has 0 radical (unpaired) electrons. The Labute approximate surface area is 94.1 Å². The fourth-order valence-electron chi connectivity index (χ4n) is 0.157. The van der Waals surface area contributed by atoms with Crippen LogP contribution in [0, 0.1) is 5.51 Å². The molecule has 0 aliphatic carbocycles. The summed E-state index contributed by atoms with van der Waals surface area (Å²) in [7, 11) is 0. The standard InChI is InChI=1S/C2H2N3S.Rb/c3-2-5-4-1-6-2;/h(H2,3,5);/q-1;+1. The van der Waals surface area contributed by atoms with Crippen LogP contribution in [-0.2, 0) is 0 Å². The van der Waals surface area contributed by atoms with Crippen molar-refractivity contribution in [2.45, 2.75) is 0 Å². The molecule has 3 nitrogen and oxygen atoms in total. The van der Waals surface area contributed by atoms with Crippen molar-refractivity contribution in [3.05, 3.63) is 5.51 Å². The van der Waals surface area contributed by atoms with Gasteiger partial charge in [0.15, 0.2) is 0 Å². The van der Waals surface area contributed by atoms with Crippen LogP contribution < -0.4 is 63.9 Å². The Morgan fingerprint density at radius 1 is 1.71 bits per heavy atom. The van der Waals surface area contributed by atoms with Crippen molar-refractivity contribution in [2.75, 3.05) is 5.73 Å². The van der Waals surface area contributed by atoms with Crippen LogP contribution in [0.4, 0.5) is 5.13 Å². The molecule has 2 N–H and O–H groups in total. The van der Waals surface area contributed by atoms with E-state index < -0.39 is 0 Å². The van der Waals surface area contributed by atoms with Crippen LogP contribution in [0.25, 0.3) is 0 Å². The molecule has 1 aromatic rings. The molecule has 0 saturated heterocycles. The molecule has 0 unspecified atom stereocenters. The van der Waals surface area contributed by atoms with Crippen LogP contribution >= 0.6 is 11.3 Å². The van der Waals surface area contributed by atoms with E-state index in [-0.39, 0.29) is 58.2 Å². The second-order valence-electron chi connectivity index (χ2n) is 0.732. The monoisotopic (exact) mass is 185 g/mol. The number of nitrogens with two attached hydrogens (primary N) is 1. The number of anilines is 1. The molecule has 1 rings (SSSR count). The molecule has 0 aromatic carbocycles. The molecule has 1 aromatic heterocycles. The predicted octanol–water partition coefficient (Wildman–Crippen LogP) is -3.08. The number of nitrogen functional groups attached to an aromatic ring is 1. The Morgan fingerprint density at radius 3 is 2.57 bits per heavy atom. The third kappa shape index (κ3) is 2.87. The van der Waals surface area contributed by atoms with Crippen LogP contribution in [-0.4, -0.2) is 10.2 Å². The van der Waals surface area contributed by atoms with Crippen molar-refractivity contribution in [1.29, 1.82) is 0 Å². The maximum atomic E-state index is 5.09. The Kier molecular flexibility index (Phi) is 4.76. The summed E-state index contributed by atoms with van der Waals surface area (Å²) in [6.07, 6.45) is 0. The van der Waals surface area contributed by atoms with Crippen LogP contribution in [0.5, 0.6) is 0 Å². The van der Waals surface area contributed by atoms with E-state index in [0.29, 0.717) is 5.13 Å². The minimum Gasteiger partial charge on any atom is -0.450 e. The third-order valence-corrected chi connectivity index (χ3v) is 0.803. The van der Waals surface area contributed by atoms with Gasteiger partial charge < -0.3 is 5.73 Å². The average Bonchev–Trinajstić information content (AvgIpc) is 1.86. The van der Waals surface area contributed by atoms with Crippen molar-refractivity contribution in [3.63, 3.8) is 0 Å². The summed E-state index contributed by atoms with van der Waals surface area (Å²) in [5, 5.41) is 7.22. The van der Waals surface area contributed by atoms with Crippen LogP contribution in [0.3, 0.4) is 0 Å². The van der Waals surface area contributed by atoms with Gasteiger partial charge in [0.1, 0.15) is 0 Å². The predicted molar refractivity (Wildman–Crippen MR) is 23.2 cm³/mol. The normalized spacial score (nSPS) is 7.43. The largest absolute Gasteiger partial charge is 1.00 e. The summed E-state index contributed by atoms with van der Waals surface area (Å²) in [4.78, 5) is 0. The Bertz CT molecular complexity index is 116. The summed E-state index contributed by atoms with van der Waals surface area (Å²) in [5.41, 5.74) is 7.58. The summed E-state index contributed by atoms with van der Waals surface area (Å²) >= 11 is 1.21. The van der Waals surface area contributed by atoms with Crippen LogP contribution in [0.2, 0.25) is 0 Å². The second kappa shape index (κ2) is 4.08. The third-order valence-electron chi connectivity index (χ3n) is 0.340. The van der Waals surface area contributed by atoms with E-state index in [2.05, 4.69) is 15.7 Å². The van der Waals surface area contributed by atoms with Crippen molar-refractivity contribution < 1.29 is 58.2 Å². The number of hydrogen-bond donors (Lipinski definition) is 1. The van der Waals surface area contributed by atoms with E-state index >= 15 is 0 Å². The molecule has 0 amide bonds. The molecular weight excluding hydrogens is 184 g/mol. The zero-order valence-electron chi connectivity index (χ0n) is 3.88. The molecular formula is C2H2N3RbS. The Morgan fingerprint density at radius 2 is 2.43 bits per heavy atom. The summed E-state index contributed by atoms with van der Waals surface area (Å²) in [6, 6.07) is 0. The van der Waals surface area contributed by atoms with E-state index in [0.717, 1.165) is 0 Å². The first-order chi connectivity index (χ1) is 2.89. The van der Waals surface area contributed by atoms with E-state index in [1.165, 1.54) is 11.3 Å². The number of aromatic nitrogens is 2. The summed E-state index contributed by atoms with van der Waals surface area (Å²) in [5.74, 6) is 0. The van der Waals surface area contributed by atoms with E-state index in [1.54, 1.807) is 0 Å². The van der Waals surface area contributed by atoms with Gasteiger partial charge in [-0.15, -0.1) is 0 Å². The van der Waals surface area contributed by atoms with Gasteiger partial charge in [-0.05, 0) is 0 Å². The van der Waals surface area contributed by atoms with Crippen molar-refractivity contribution >= 4 is 16.5 Å². The average molecular weight is 186 g/mol. The van der Waals surface area contributed by atoms with E-state index in [9.17, 15) is 0 Å². The minimum absolute atomic E-state index is 0. The van der Waals surface area contributed by atoms with Gasteiger partial charge in [-0.25, -0.2) is 5.10 Å². The second-order valence-corrected chi connectivity index (χ2v) is 1.54. The number of hydrogen-bond acceptors (Lipinski definition) is 4. The molecule has 0 bridgehead atoms. The summed E-state index contributed by atoms with van der Waals surface area (Å²) in [6.45, 7) is 0. The molecule has 1 heterocycles. The van der Waals surface area contributed by atoms with Crippen LogP contribution in [0.15, 0.2) is 0 Å². The molecule has 0 aliphatic rings. The first-order valence-corrected chi connectivity index (χ1v) is 2.16. The summed E-state index contributed by atoms with van der Waals surface area (Å²) < 4.78 is 0. The van der Waals surface area contributed by atoms with Gasteiger partial charge in [0, 0.05) is 5.13 Å². The maximum absolute atomic E-state index is 5.09. The minimum atomic E-state index is 0. The van der Waals surface area contributed by atoms with Gasteiger partial charge >= 0.3 is 58.2 Å². The van der Waals surface area contributed by atoms with Gasteiger partial charge in [0.25, 0.3) is 0 Å². The van der Waals surface area contributed by atoms with Crippen LogP contribution in [0.1, 0.15) is 0 Å². The van der Waals surface area contributed by atoms with Gasteiger partial charge in [0.2, 0.25) is 0 Å². The molecule has 0 fully saturated rings. The van der Waals surface area contributed by atoms with E-state index in [4.69, 9.17) is 5.73 Å². The number of nitrogens with zero attached hydrogens (tertiary/aromatic N) is 2. The van der Waals surface area contributed by atoms with Crippen molar-refractivity contribution in [1.82, 2.24) is 10.2 Å². The quantitative estimate of drug-likeness (QED) is 0.437. The first kappa shape index (κ1) is 8.17. The molecule has 0 atom stereocenters. The van der Waals surface area contributed by atoms with Gasteiger partial charge in [-0.1, -0.05) is 5.51 Å². The first-order valence-electron chi connectivity index (χ1n) is 1.34. The Balaban J connectivity index is 0.000000360. The molecule has 5 heteroatoms. The fourth-order valence-corrected chi connectivity index (χ4v) is 0.414. The van der Waals surface area contributed by atoms with Crippen molar-refractivity contribution in [2.24, 2.45) is 0 Å². The molecule has 0 saturated carbocycles. The number of rotatable bonds is 0. The molecule has 32 valence electrons. The van der Waals surface area contributed by atoms with E-state index in [1.807, 2.05) is 0 Å². The van der Waals surface area contributed by atoms with Gasteiger partial charge in [-0.3, -0.25) is 16.4 Å². The smallest absolute Gasteiger partial charge is 0.450 e. The zero-order chi connectivity index (χ0) is 4.41. The zero-order valence-corrected chi connectivity index (χ0v) is 9.61. The van der Waals surface area contributed by atoms with Gasteiger partial charge in [0.05, 0.1) is 0 Å². The SMILES string of the molecule is Nc1nn[c-]s1.[Rb+]. The molecule has 0 spiro atoms.